The summed E-state index contributed by atoms with van der Waals surface area (Å²) in [6.07, 6.45) is 1.51. The molecule has 5 nitrogen and oxygen atoms in total. The number of carbonyl (C=O) groups excluding carboxylic acids is 1. The minimum Gasteiger partial charge on any atom is -0.493 e. The smallest absolute Gasteiger partial charge is 0.341 e. The van der Waals surface area contributed by atoms with Crippen LogP contribution >= 0.6 is 0 Å². The second kappa shape index (κ2) is 5.48. The van der Waals surface area contributed by atoms with Crippen LogP contribution in [0.3, 0.4) is 0 Å². The monoisotopic (exact) mass is 260 g/mol. The van der Waals surface area contributed by atoms with Crippen molar-refractivity contribution in [3.8, 4) is 5.88 Å². The van der Waals surface area contributed by atoms with E-state index in [0.29, 0.717) is 6.54 Å². The number of esters is 1. The van der Waals surface area contributed by atoms with Gasteiger partial charge in [0.1, 0.15) is 11.3 Å². The summed E-state index contributed by atoms with van der Waals surface area (Å²) in [7, 11) is 0. The number of anilines is 1. The number of nitrogens with two attached hydrogens (primary N) is 1. The van der Waals surface area contributed by atoms with Crippen molar-refractivity contribution >= 4 is 11.7 Å². The highest BCUT2D eigenvalue weighted by Crippen LogP contribution is 2.28. The van der Waals surface area contributed by atoms with Crippen LogP contribution in [0.1, 0.15) is 22.8 Å². The highest BCUT2D eigenvalue weighted by Gasteiger charge is 2.19. The highest BCUT2D eigenvalue weighted by atomic mass is 16.5. The molecule has 2 aromatic rings. The topological polar surface area (TPSA) is 77.5 Å². The van der Waals surface area contributed by atoms with Crippen molar-refractivity contribution in [2.24, 2.45) is 0 Å². The Bertz CT molecular complexity index is 576. The molecule has 1 aromatic carbocycles. The van der Waals surface area contributed by atoms with Gasteiger partial charge < -0.3 is 20.1 Å². The Hall–Kier alpha value is -2.43. The molecular weight excluding hydrogens is 244 g/mol. The summed E-state index contributed by atoms with van der Waals surface area (Å²) in [5, 5.41) is 9.93. The quantitative estimate of drug-likeness (QED) is 0.824. The van der Waals surface area contributed by atoms with Crippen molar-refractivity contribution in [2.75, 3.05) is 12.3 Å². The fraction of sp³-hybridized carbons (Fsp3) is 0.214. The Morgan fingerprint density at radius 3 is 2.68 bits per heavy atom. The molecule has 19 heavy (non-hydrogen) atoms. The zero-order chi connectivity index (χ0) is 13.8. The first-order valence-corrected chi connectivity index (χ1v) is 6.02. The molecule has 0 radical (unpaired) electrons. The third-order valence-corrected chi connectivity index (χ3v) is 2.78. The van der Waals surface area contributed by atoms with Crippen molar-refractivity contribution in [1.82, 2.24) is 4.57 Å². The molecule has 0 aliphatic rings. The Morgan fingerprint density at radius 1 is 1.37 bits per heavy atom. The first-order valence-electron chi connectivity index (χ1n) is 6.02. The molecule has 5 heteroatoms. The number of aromatic hydroxyl groups is 1. The molecule has 0 fully saturated rings. The highest BCUT2D eigenvalue weighted by molar-refractivity contribution is 5.96. The number of nitrogen functional groups attached to an aromatic ring is 1. The van der Waals surface area contributed by atoms with E-state index < -0.39 is 5.97 Å². The van der Waals surface area contributed by atoms with Gasteiger partial charge in [-0.15, -0.1) is 0 Å². The number of rotatable bonds is 4. The molecule has 2 rings (SSSR count). The fourth-order valence-electron chi connectivity index (χ4n) is 1.83. The average Bonchev–Trinajstić information content (AvgIpc) is 2.69. The maximum atomic E-state index is 11.7. The molecule has 0 bridgehead atoms. The predicted octanol–water partition coefficient (Wildman–Crippen LogP) is 2.00. The molecular formula is C14H16N2O3. The SMILES string of the molecule is CCOC(=O)c1cn(Cc2ccccc2)c(O)c1N. The van der Waals surface area contributed by atoms with Gasteiger partial charge in [-0.25, -0.2) is 4.79 Å². The minimum absolute atomic E-state index is 0.0504. The first-order chi connectivity index (χ1) is 9.13. The van der Waals surface area contributed by atoms with E-state index in [1.54, 1.807) is 6.92 Å². The van der Waals surface area contributed by atoms with Crippen LogP contribution in [0.4, 0.5) is 5.69 Å². The van der Waals surface area contributed by atoms with E-state index in [4.69, 9.17) is 10.5 Å². The Balaban J connectivity index is 2.28. The number of benzene rings is 1. The molecule has 0 atom stereocenters. The van der Waals surface area contributed by atoms with Crippen LogP contribution in [0.25, 0.3) is 0 Å². The van der Waals surface area contributed by atoms with Gasteiger partial charge in [-0.3, -0.25) is 0 Å². The van der Waals surface area contributed by atoms with Crippen LogP contribution in [0, 0.1) is 0 Å². The molecule has 0 aliphatic heterocycles. The number of hydrogen-bond donors (Lipinski definition) is 2. The lowest BCUT2D eigenvalue weighted by Crippen LogP contribution is -2.05. The fourth-order valence-corrected chi connectivity index (χ4v) is 1.83. The lowest BCUT2D eigenvalue weighted by molar-refractivity contribution is 0.0527. The lowest BCUT2D eigenvalue weighted by Gasteiger charge is -2.04. The standard InChI is InChI=1S/C14H16N2O3/c1-2-19-14(18)11-9-16(13(17)12(11)15)8-10-6-4-3-5-7-10/h3-7,9,17H,2,8,15H2,1H3. The molecule has 3 N–H and O–H groups in total. The van der Waals surface area contributed by atoms with Crippen LogP contribution in [0.2, 0.25) is 0 Å². The normalized spacial score (nSPS) is 10.4. The van der Waals surface area contributed by atoms with Crippen molar-refractivity contribution in [2.45, 2.75) is 13.5 Å². The summed E-state index contributed by atoms with van der Waals surface area (Å²) in [6, 6.07) is 9.59. The Kier molecular flexibility index (Phi) is 3.75. The van der Waals surface area contributed by atoms with E-state index in [-0.39, 0.29) is 23.7 Å². The predicted molar refractivity (Wildman–Crippen MR) is 72.0 cm³/mol. The summed E-state index contributed by atoms with van der Waals surface area (Å²) >= 11 is 0. The third kappa shape index (κ3) is 2.70. The number of ether oxygens (including phenoxy) is 1. The van der Waals surface area contributed by atoms with E-state index in [0.717, 1.165) is 5.56 Å². The van der Waals surface area contributed by atoms with Crippen molar-refractivity contribution in [3.63, 3.8) is 0 Å². The summed E-state index contributed by atoms with van der Waals surface area (Å²) in [5.41, 5.74) is 6.96. The van der Waals surface area contributed by atoms with Gasteiger partial charge in [0.05, 0.1) is 13.2 Å². The van der Waals surface area contributed by atoms with Crippen molar-refractivity contribution < 1.29 is 14.6 Å². The van der Waals surface area contributed by atoms with Crippen molar-refractivity contribution in [1.29, 1.82) is 0 Å². The summed E-state index contributed by atoms with van der Waals surface area (Å²) in [6.45, 7) is 2.42. The van der Waals surface area contributed by atoms with Gasteiger partial charge >= 0.3 is 5.97 Å². The Morgan fingerprint density at radius 2 is 2.05 bits per heavy atom. The summed E-state index contributed by atoms with van der Waals surface area (Å²) in [4.78, 5) is 11.7. The lowest BCUT2D eigenvalue weighted by atomic mass is 10.2. The zero-order valence-electron chi connectivity index (χ0n) is 10.7. The van der Waals surface area contributed by atoms with Crippen LogP contribution in [-0.2, 0) is 11.3 Å². The van der Waals surface area contributed by atoms with E-state index >= 15 is 0 Å². The number of carbonyl (C=O) groups is 1. The number of hydrogen-bond acceptors (Lipinski definition) is 4. The van der Waals surface area contributed by atoms with Gasteiger partial charge in [0, 0.05) is 6.20 Å². The zero-order valence-corrected chi connectivity index (χ0v) is 10.7. The van der Waals surface area contributed by atoms with E-state index in [9.17, 15) is 9.90 Å². The molecule has 0 aliphatic carbocycles. The van der Waals surface area contributed by atoms with Crippen molar-refractivity contribution in [3.05, 3.63) is 47.7 Å². The molecule has 0 saturated carbocycles. The summed E-state index contributed by atoms with van der Waals surface area (Å²) in [5.74, 6) is -0.644. The molecule has 1 aromatic heterocycles. The largest absolute Gasteiger partial charge is 0.493 e. The maximum absolute atomic E-state index is 11.7. The van der Waals surface area contributed by atoms with Crippen LogP contribution in [0.5, 0.6) is 5.88 Å². The van der Waals surface area contributed by atoms with Gasteiger partial charge in [0.15, 0.2) is 0 Å². The van der Waals surface area contributed by atoms with Gasteiger partial charge in [-0.2, -0.15) is 0 Å². The molecule has 0 unspecified atom stereocenters. The number of nitrogens with zero attached hydrogens (tertiary/aromatic N) is 1. The molecule has 1 heterocycles. The maximum Gasteiger partial charge on any atom is 0.341 e. The second-order valence-electron chi connectivity index (χ2n) is 4.11. The van der Waals surface area contributed by atoms with Gasteiger partial charge in [0.2, 0.25) is 5.88 Å². The first kappa shape index (κ1) is 13.0. The Labute approximate surface area is 111 Å². The van der Waals surface area contributed by atoms with Crippen LogP contribution in [0.15, 0.2) is 36.5 Å². The van der Waals surface area contributed by atoms with Gasteiger partial charge in [0.25, 0.3) is 0 Å². The van der Waals surface area contributed by atoms with E-state index in [1.807, 2.05) is 30.3 Å². The molecule has 100 valence electrons. The minimum atomic E-state index is -0.526. The molecule has 0 spiro atoms. The van der Waals surface area contributed by atoms with Gasteiger partial charge in [-0.1, -0.05) is 30.3 Å². The van der Waals surface area contributed by atoms with E-state index in [1.165, 1.54) is 10.8 Å². The van der Waals surface area contributed by atoms with Crippen LogP contribution in [-0.4, -0.2) is 22.2 Å². The van der Waals surface area contributed by atoms with Crippen LogP contribution < -0.4 is 5.73 Å². The summed E-state index contributed by atoms with van der Waals surface area (Å²) < 4.78 is 6.41. The number of aromatic nitrogens is 1. The molecule has 0 saturated heterocycles. The second-order valence-corrected chi connectivity index (χ2v) is 4.11. The molecule has 0 amide bonds. The van der Waals surface area contributed by atoms with Gasteiger partial charge in [-0.05, 0) is 12.5 Å². The third-order valence-electron chi connectivity index (χ3n) is 2.78. The average molecular weight is 260 g/mol. The van der Waals surface area contributed by atoms with E-state index in [2.05, 4.69) is 0 Å².